The summed E-state index contributed by atoms with van der Waals surface area (Å²) in [6.07, 6.45) is 4.45. The zero-order valence-corrected chi connectivity index (χ0v) is 9.45. The number of piperidine rings is 1. The van der Waals surface area contributed by atoms with Gasteiger partial charge in [-0.05, 0) is 32.2 Å². The second-order valence-corrected chi connectivity index (χ2v) is 4.58. The van der Waals surface area contributed by atoms with Gasteiger partial charge in [-0.1, -0.05) is 6.92 Å². The Morgan fingerprint density at radius 3 is 2.71 bits per heavy atom. The Bertz CT molecular complexity index is 210. The zero-order valence-electron chi connectivity index (χ0n) is 8.64. The quantitative estimate of drug-likeness (QED) is 0.728. The number of hydrogen-bond acceptors (Lipinski definition) is 2. The van der Waals surface area contributed by atoms with Crippen molar-refractivity contribution in [2.45, 2.75) is 38.6 Å². The molecule has 2 aliphatic rings. The molecule has 1 aliphatic heterocycles. The number of carbonyl (C=O) groups is 1. The lowest BCUT2D eigenvalue weighted by Gasteiger charge is -2.25. The van der Waals surface area contributed by atoms with Gasteiger partial charge in [0.1, 0.15) is 0 Å². The SMILES string of the molecule is CC1(C(=O)N[C@@H]2CCCNC2)CC1.Cl. The average Bonchev–Trinajstić information content (AvgIpc) is 2.87. The predicted octanol–water partition coefficient (Wildman–Crippen LogP) is 1.08. The third-order valence-electron chi connectivity index (χ3n) is 3.18. The van der Waals surface area contributed by atoms with Crippen molar-refractivity contribution in [1.29, 1.82) is 0 Å². The first kappa shape index (κ1) is 11.8. The Kier molecular flexibility index (Phi) is 3.78. The summed E-state index contributed by atoms with van der Waals surface area (Å²) in [5, 5.41) is 6.42. The molecule has 0 aromatic carbocycles. The van der Waals surface area contributed by atoms with Crippen LogP contribution in [-0.4, -0.2) is 25.0 Å². The second-order valence-electron chi connectivity index (χ2n) is 4.58. The van der Waals surface area contributed by atoms with Crippen molar-refractivity contribution in [3.63, 3.8) is 0 Å². The molecule has 2 N–H and O–H groups in total. The van der Waals surface area contributed by atoms with Gasteiger partial charge in [-0.25, -0.2) is 0 Å². The van der Waals surface area contributed by atoms with Crippen molar-refractivity contribution in [3.05, 3.63) is 0 Å². The molecule has 0 spiro atoms. The number of amides is 1. The molecule has 1 aliphatic carbocycles. The van der Waals surface area contributed by atoms with Gasteiger partial charge in [0.2, 0.25) is 5.91 Å². The van der Waals surface area contributed by atoms with E-state index < -0.39 is 0 Å². The smallest absolute Gasteiger partial charge is 0.226 e. The Balaban J connectivity index is 0.000000980. The molecule has 14 heavy (non-hydrogen) atoms. The number of nitrogens with one attached hydrogen (secondary N) is 2. The van der Waals surface area contributed by atoms with Crippen LogP contribution >= 0.6 is 12.4 Å². The Morgan fingerprint density at radius 2 is 2.21 bits per heavy atom. The number of rotatable bonds is 2. The van der Waals surface area contributed by atoms with Crippen LogP contribution in [-0.2, 0) is 4.79 Å². The van der Waals surface area contributed by atoms with Crippen LogP contribution in [0.1, 0.15) is 32.6 Å². The molecule has 0 bridgehead atoms. The summed E-state index contributed by atoms with van der Waals surface area (Å²) in [7, 11) is 0. The van der Waals surface area contributed by atoms with Crippen LogP contribution in [0.3, 0.4) is 0 Å². The normalized spacial score (nSPS) is 28.8. The highest BCUT2D eigenvalue weighted by Crippen LogP contribution is 2.45. The van der Waals surface area contributed by atoms with Gasteiger partial charge >= 0.3 is 0 Å². The van der Waals surface area contributed by atoms with Crippen LogP contribution in [0, 0.1) is 5.41 Å². The number of carbonyl (C=O) groups excluding carboxylic acids is 1. The van der Waals surface area contributed by atoms with E-state index in [4.69, 9.17) is 0 Å². The van der Waals surface area contributed by atoms with E-state index in [0.29, 0.717) is 6.04 Å². The Hall–Kier alpha value is -0.280. The highest BCUT2D eigenvalue weighted by Gasteiger charge is 2.45. The van der Waals surface area contributed by atoms with Gasteiger partial charge in [0.15, 0.2) is 0 Å². The van der Waals surface area contributed by atoms with E-state index in [1.807, 2.05) is 0 Å². The first-order chi connectivity index (χ1) is 6.21. The molecule has 1 atom stereocenters. The lowest BCUT2D eigenvalue weighted by Crippen LogP contribution is -2.47. The van der Waals surface area contributed by atoms with E-state index in [2.05, 4.69) is 17.6 Å². The molecule has 2 rings (SSSR count). The molecular formula is C10H19ClN2O. The molecule has 4 heteroatoms. The summed E-state index contributed by atoms with van der Waals surface area (Å²) < 4.78 is 0. The van der Waals surface area contributed by atoms with Crippen LogP contribution in [0.25, 0.3) is 0 Å². The van der Waals surface area contributed by atoms with E-state index in [1.54, 1.807) is 0 Å². The fraction of sp³-hybridized carbons (Fsp3) is 0.900. The minimum atomic E-state index is -0.0164. The number of hydrogen-bond donors (Lipinski definition) is 2. The van der Waals surface area contributed by atoms with Crippen LogP contribution in [0.15, 0.2) is 0 Å². The molecule has 2 fully saturated rings. The van der Waals surface area contributed by atoms with Crippen LogP contribution in [0.5, 0.6) is 0 Å². The second kappa shape index (κ2) is 4.49. The summed E-state index contributed by atoms with van der Waals surface area (Å²) in [5.74, 6) is 0.265. The van der Waals surface area contributed by atoms with E-state index >= 15 is 0 Å². The third-order valence-corrected chi connectivity index (χ3v) is 3.18. The summed E-state index contributed by atoms with van der Waals surface area (Å²) in [6, 6.07) is 0.374. The minimum absolute atomic E-state index is 0. The lowest BCUT2D eigenvalue weighted by atomic mass is 10.0. The van der Waals surface area contributed by atoms with E-state index in [1.165, 1.54) is 6.42 Å². The maximum absolute atomic E-state index is 11.7. The fourth-order valence-corrected chi connectivity index (χ4v) is 1.75. The van der Waals surface area contributed by atoms with Crippen LogP contribution in [0.4, 0.5) is 0 Å². The van der Waals surface area contributed by atoms with Crippen LogP contribution in [0.2, 0.25) is 0 Å². The Morgan fingerprint density at radius 1 is 1.50 bits per heavy atom. The van der Waals surface area contributed by atoms with Gasteiger partial charge in [0.05, 0.1) is 0 Å². The summed E-state index contributed by atoms with van der Waals surface area (Å²) in [5.41, 5.74) is -0.0164. The molecule has 3 nitrogen and oxygen atoms in total. The van der Waals surface area contributed by atoms with Gasteiger partial charge < -0.3 is 10.6 Å². The molecule has 1 heterocycles. The van der Waals surface area contributed by atoms with Crippen molar-refractivity contribution in [1.82, 2.24) is 10.6 Å². The van der Waals surface area contributed by atoms with Gasteiger partial charge in [-0.2, -0.15) is 0 Å². The fourth-order valence-electron chi connectivity index (χ4n) is 1.75. The molecule has 1 amide bonds. The number of halogens is 1. The van der Waals surface area contributed by atoms with Gasteiger partial charge in [0.25, 0.3) is 0 Å². The van der Waals surface area contributed by atoms with Crippen molar-refractivity contribution >= 4 is 18.3 Å². The molecule has 1 saturated carbocycles. The van der Waals surface area contributed by atoms with Gasteiger partial charge in [0, 0.05) is 18.0 Å². The summed E-state index contributed by atoms with van der Waals surface area (Å²) in [4.78, 5) is 11.7. The first-order valence-electron chi connectivity index (χ1n) is 5.22. The molecule has 0 aromatic heterocycles. The highest BCUT2D eigenvalue weighted by atomic mass is 35.5. The van der Waals surface area contributed by atoms with Crippen LogP contribution < -0.4 is 10.6 Å². The largest absolute Gasteiger partial charge is 0.352 e. The maximum atomic E-state index is 11.7. The molecule has 0 radical (unpaired) electrons. The maximum Gasteiger partial charge on any atom is 0.226 e. The molecule has 82 valence electrons. The summed E-state index contributed by atoms with van der Waals surface area (Å²) >= 11 is 0. The van der Waals surface area contributed by atoms with Gasteiger partial charge in [-0.3, -0.25) is 4.79 Å². The standard InChI is InChI=1S/C10H18N2O.ClH/c1-10(4-5-10)9(13)12-8-3-2-6-11-7-8;/h8,11H,2-7H2,1H3,(H,12,13);1H/t8-;/m1./s1. The third kappa shape index (κ3) is 2.61. The average molecular weight is 219 g/mol. The lowest BCUT2D eigenvalue weighted by molar-refractivity contribution is -0.126. The molecule has 1 saturated heterocycles. The molecule has 0 unspecified atom stereocenters. The minimum Gasteiger partial charge on any atom is -0.352 e. The van der Waals surface area contributed by atoms with Crippen molar-refractivity contribution in [3.8, 4) is 0 Å². The van der Waals surface area contributed by atoms with E-state index in [0.717, 1.165) is 32.4 Å². The van der Waals surface area contributed by atoms with E-state index in [-0.39, 0.29) is 23.7 Å². The van der Waals surface area contributed by atoms with Gasteiger partial charge in [-0.15, -0.1) is 12.4 Å². The monoisotopic (exact) mass is 218 g/mol. The summed E-state index contributed by atoms with van der Waals surface area (Å²) in [6.45, 7) is 4.10. The van der Waals surface area contributed by atoms with E-state index in [9.17, 15) is 4.79 Å². The molecule has 0 aromatic rings. The molecular weight excluding hydrogens is 200 g/mol. The van der Waals surface area contributed by atoms with Crippen molar-refractivity contribution < 1.29 is 4.79 Å². The predicted molar refractivity (Wildman–Crippen MR) is 58.6 cm³/mol. The Labute approximate surface area is 91.4 Å². The van der Waals surface area contributed by atoms with Crippen molar-refractivity contribution in [2.24, 2.45) is 5.41 Å². The zero-order chi connectivity index (χ0) is 9.31. The topological polar surface area (TPSA) is 41.1 Å². The van der Waals surface area contributed by atoms with Crippen molar-refractivity contribution in [2.75, 3.05) is 13.1 Å². The first-order valence-corrected chi connectivity index (χ1v) is 5.22. The highest BCUT2D eigenvalue weighted by molar-refractivity contribution is 5.85.